The van der Waals surface area contributed by atoms with E-state index >= 15 is 0 Å². The highest BCUT2D eigenvalue weighted by molar-refractivity contribution is 7.90. The summed E-state index contributed by atoms with van der Waals surface area (Å²) in [5.74, 6) is -0.128. The van der Waals surface area contributed by atoms with E-state index in [1.54, 1.807) is 12.1 Å². The van der Waals surface area contributed by atoms with E-state index in [1.807, 2.05) is 12.1 Å². The van der Waals surface area contributed by atoms with Crippen LogP contribution in [0.2, 0.25) is 0 Å². The zero-order chi connectivity index (χ0) is 16.0. The van der Waals surface area contributed by atoms with Crippen LogP contribution in [0.4, 0.5) is 0 Å². The Bertz CT molecular complexity index is 804. The lowest BCUT2D eigenvalue weighted by atomic mass is 10.1. The van der Waals surface area contributed by atoms with Gasteiger partial charge in [0.05, 0.1) is 5.75 Å². The molecule has 7 heteroatoms. The maximum absolute atomic E-state index is 12.3. The molecule has 2 aromatic rings. The molecule has 1 aliphatic rings. The molecule has 1 atom stereocenters. The molecule has 3 rings (SSSR count). The smallest absolute Gasteiger partial charge is 0.308 e. The van der Waals surface area contributed by atoms with Gasteiger partial charge in [-0.05, 0) is 23.6 Å². The molecule has 1 heterocycles. The van der Waals surface area contributed by atoms with Crippen LogP contribution in [0.25, 0.3) is 0 Å². The van der Waals surface area contributed by atoms with Crippen LogP contribution in [-0.2, 0) is 15.6 Å². The van der Waals surface area contributed by atoms with E-state index < -0.39 is 14.2 Å². The molecule has 22 heavy (non-hydrogen) atoms. The van der Waals surface area contributed by atoms with Crippen LogP contribution in [0.1, 0.15) is 23.5 Å². The van der Waals surface area contributed by atoms with Crippen molar-refractivity contribution in [3.05, 3.63) is 65.0 Å². The zero-order valence-corrected chi connectivity index (χ0v) is 13.8. The Balaban J connectivity index is 1.80. The highest BCUT2D eigenvalue weighted by Gasteiger charge is 2.52. The molecule has 0 aliphatic heterocycles. The first-order valence-corrected chi connectivity index (χ1v) is 9.08. The van der Waals surface area contributed by atoms with E-state index in [0.29, 0.717) is 16.7 Å². The molecule has 1 saturated carbocycles. The fourth-order valence-electron chi connectivity index (χ4n) is 2.37. The van der Waals surface area contributed by atoms with Gasteiger partial charge in [0.25, 0.3) is 0 Å². The van der Waals surface area contributed by atoms with E-state index in [2.05, 4.69) is 0 Å². The number of hydrogen-bond acceptors (Lipinski definition) is 3. The Morgan fingerprint density at radius 1 is 1.18 bits per heavy atom. The van der Waals surface area contributed by atoms with Crippen LogP contribution in [0.3, 0.4) is 0 Å². The molecule has 0 amide bonds. The molecule has 1 unspecified atom stereocenters. The lowest BCUT2D eigenvalue weighted by Crippen LogP contribution is -2.33. The third-order valence-corrected chi connectivity index (χ3v) is 6.17. The summed E-state index contributed by atoms with van der Waals surface area (Å²) in [7, 11) is -3.69. The number of sulfone groups is 1. The maximum atomic E-state index is 12.3. The lowest BCUT2D eigenvalue weighted by molar-refractivity contribution is -0.646. The standard InChI is InChI=1S/C15H13Cl2NO3S/c16-15(17)9-13(15)12-6-4-11(5-7-12)10-22(20,21)14-3-1-2-8-18(14)19/h1-8,13H,9-10H2. The van der Waals surface area contributed by atoms with Gasteiger partial charge < -0.3 is 5.21 Å². The summed E-state index contributed by atoms with van der Waals surface area (Å²) in [6.45, 7) is 0. The molecule has 0 N–H and O–H groups in total. The lowest BCUT2D eigenvalue weighted by Gasteiger charge is -2.06. The van der Waals surface area contributed by atoms with E-state index in [0.717, 1.165) is 5.56 Å². The van der Waals surface area contributed by atoms with Gasteiger partial charge in [-0.1, -0.05) is 24.3 Å². The van der Waals surface area contributed by atoms with Gasteiger partial charge in [-0.25, -0.2) is 8.42 Å². The van der Waals surface area contributed by atoms with Crippen LogP contribution in [-0.4, -0.2) is 12.8 Å². The Hall–Kier alpha value is -1.30. The van der Waals surface area contributed by atoms with Crippen molar-refractivity contribution in [1.29, 1.82) is 0 Å². The number of pyridine rings is 1. The van der Waals surface area contributed by atoms with Crippen molar-refractivity contribution >= 4 is 33.0 Å². The summed E-state index contributed by atoms with van der Waals surface area (Å²) in [5, 5.41) is 11.3. The molecular weight excluding hydrogens is 345 g/mol. The normalized spacial score (nSPS) is 19.8. The Labute approximate surface area is 138 Å². The number of aromatic nitrogens is 1. The van der Waals surface area contributed by atoms with Gasteiger partial charge in [-0.15, -0.1) is 23.2 Å². The molecule has 116 valence electrons. The maximum Gasteiger partial charge on any atom is 0.308 e. The predicted octanol–water partition coefficient (Wildman–Crippen LogP) is 2.96. The molecule has 0 radical (unpaired) electrons. The average molecular weight is 358 g/mol. The molecule has 0 spiro atoms. The summed E-state index contributed by atoms with van der Waals surface area (Å²) < 4.78 is 24.2. The quantitative estimate of drug-likeness (QED) is 0.480. The van der Waals surface area contributed by atoms with Gasteiger partial charge >= 0.3 is 5.03 Å². The first kappa shape index (κ1) is 15.6. The highest BCUT2D eigenvalue weighted by Crippen LogP contribution is 2.59. The number of rotatable bonds is 4. The van der Waals surface area contributed by atoms with Gasteiger partial charge in [0.2, 0.25) is 9.84 Å². The molecule has 1 aromatic heterocycles. The van der Waals surface area contributed by atoms with Crippen molar-refractivity contribution in [2.75, 3.05) is 0 Å². The minimum atomic E-state index is -3.69. The van der Waals surface area contributed by atoms with Gasteiger partial charge in [0, 0.05) is 18.1 Å². The number of halogens is 2. The first-order valence-electron chi connectivity index (χ1n) is 6.67. The summed E-state index contributed by atoms with van der Waals surface area (Å²) in [5.41, 5.74) is 1.60. The van der Waals surface area contributed by atoms with Crippen LogP contribution in [0, 0.1) is 5.21 Å². The molecule has 1 fully saturated rings. The number of alkyl halides is 2. The highest BCUT2D eigenvalue weighted by atomic mass is 35.5. The van der Waals surface area contributed by atoms with Crippen molar-refractivity contribution in [3.63, 3.8) is 0 Å². The fraction of sp³-hybridized carbons (Fsp3) is 0.267. The average Bonchev–Trinajstić information content (AvgIpc) is 3.08. The Morgan fingerprint density at radius 2 is 1.82 bits per heavy atom. The van der Waals surface area contributed by atoms with Crippen molar-refractivity contribution in [3.8, 4) is 0 Å². The van der Waals surface area contributed by atoms with Crippen LogP contribution >= 0.6 is 23.2 Å². The van der Waals surface area contributed by atoms with Crippen LogP contribution in [0.15, 0.2) is 53.7 Å². The summed E-state index contributed by atoms with van der Waals surface area (Å²) >= 11 is 12.0. The molecule has 0 saturated heterocycles. The minimum absolute atomic E-state index is 0.0967. The topological polar surface area (TPSA) is 61.1 Å². The molecular formula is C15H13Cl2NO3S. The predicted molar refractivity (Wildman–Crippen MR) is 84.5 cm³/mol. The van der Waals surface area contributed by atoms with E-state index in [9.17, 15) is 13.6 Å². The number of hydrogen-bond donors (Lipinski definition) is 0. The van der Waals surface area contributed by atoms with Gasteiger partial charge in [0.1, 0.15) is 4.33 Å². The molecule has 1 aliphatic carbocycles. The third kappa shape index (κ3) is 3.07. The molecule has 4 nitrogen and oxygen atoms in total. The van der Waals surface area contributed by atoms with Crippen LogP contribution < -0.4 is 4.73 Å². The summed E-state index contributed by atoms with van der Waals surface area (Å²) in [6.07, 6.45) is 1.87. The SMILES string of the molecule is O=S(=O)(Cc1ccc(C2CC2(Cl)Cl)cc1)c1cccc[n+]1[O-]. The van der Waals surface area contributed by atoms with E-state index in [4.69, 9.17) is 23.2 Å². The summed E-state index contributed by atoms with van der Waals surface area (Å²) in [4.78, 5) is 0. The summed E-state index contributed by atoms with van der Waals surface area (Å²) in [6, 6.07) is 11.4. The zero-order valence-electron chi connectivity index (χ0n) is 11.4. The fourth-order valence-corrected chi connectivity index (χ4v) is 4.33. The van der Waals surface area contributed by atoms with Crippen LogP contribution in [0.5, 0.6) is 0 Å². The Morgan fingerprint density at radius 3 is 2.36 bits per heavy atom. The minimum Gasteiger partial charge on any atom is -0.618 e. The van der Waals surface area contributed by atoms with Crippen molar-refractivity contribution < 1.29 is 13.1 Å². The second-order valence-electron chi connectivity index (χ2n) is 5.38. The van der Waals surface area contributed by atoms with E-state index in [1.165, 1.54) is 24.4 Å². The van der Waals surface area contributed by atoms with Gasteiger partial charge in [0.15, 0.2) is 6.20 Å². The Kier molecular flexibility index (Phi) is 3.83. The van der Waals surface area contributed by atoms with Crippen molar-refractivity contribution in [2.24, 2.45) is 0 Å². The van der Waals surface area contributed by atoms with Gasteiger partial charge in [-0.2, -0.15) is 4.73 Å². The second kappa shape index (κ2) is 5.41. The molecule has 0 bridgehead atoms. The number of benzene rings is 1. The van der Waals surface area contributed by atoms with Crippen molar-refractivity contribution in [1.82, 2.24) is 0 Å². The first-order chi connectivity index (χ1) is 10.3. The third-order valence-electron chi connectivity index (χ3n) is 3.67. The van der Waals surface area contributed by atoms with Crippen molar-refractivity contribution in [2.45, 2.75) is 27.5 Å². The monoisotopic (exact) mass is 357 g/mol. The molecule has 1 aromatic carbocycles. The number of nitrogens with zero attached hydrogens (tertiary/aromatic N) is 1. The second-order valence-corrected chi connectivity index (χ2v) is 8.86. The largest absolute Gasteiger partial charge is 0.618 e. The van der Waals surface area contributed by atoms with E-state index in [-0.39, 0.29) is 16.7 Å². The van der Waals surface area contributed by atoms with Gasteiger partial charge in [-0.3, -0.25) is 0 Å².